The third-order valence-corrected chi connectivity index (χ3v) is 6.09. The Labute approximate surface area is 177 Å². The first-order valence-electron chi connectivity index (χ1n) is 10.5. The lowest BCUT2D eigenvalue weighted by molar-refractivity contribution is 0.240. The molecule has 2 N–H and O–H groups in total. The highest BCUT2D eigenvalue weighted by Gasteiger charge is 2.28. The fraction of sp³-hybridized carbons (Fsp3) is 0.476. The molecule has 3 aromatic rings. The van der Waals surface area contributed by atoms with Crippen molar-refractivity contribution >= 4 is 11.5 Å². The van der Waals surface area contributed by atoms with Crippen LogP contribution in [0.25, 0.3) is 17.0 Å². The second-order valence-electron chi connectivity index (χ2n) is 8.05. The topological polar surface area (TPSA) is 76.4 Å². The number of alkyl halides is 1. The Morgan fingerprint density at radius 1 is 1.19 bits per heavy atom. The molecule has 1 saturated carbocycles. The maximum atomic E-state index is 14.7. The summed E-state index contributed by atoms with van der Waals surface area (Å²) in [6.45, 7) is 0.890. The van der Waals surface area contributed by atoms with E-state index in [9.17, 15) is 13.2 Å². The molecule has 4 heterocycles. The van der Waals surface area contributed by atoms with Crippen LogP contribution in [0.15, 0.2) is 18.3 Å². The van der Waals surface area contributed by atoms with E-state index in [0.717, 1.165) is 31.0 Å². The third kappa shape index (κ3) is 3.58. The van der Waals surface area contributed by atoms with Gasteiger partial charge in [-0.3, -0.25) is 0 Å². The SMILES string of the molecule is COc1cc2ncc(-c3nc(N[C@H]4CNCC[C@@H]4F)c(F)cc3F)n2nc1C1CCC1. The molecule has 0 bridgehead atoms. The molecular weight excluding hydrogens is 409 g/mol. The van der Waals surface area contributed by atoms with Crippen molar-refractivity contribution in [2.24, 2.45) is 0 Å². The van der Waals surface area contributed by atoms with Crippen molar-refractivity contribution in [2.45, 2.75) is 43.8 Å². The minimum absolute atomic E-state index is 0.104. The summed E-state index contributed by atoms with van der Waals surface area (Å²) >= 11 is 0. The molecule has 1 saturated heterocycles. The van der Waals surface area contributed by atoms with Gasteiger partial charge in [0.05, 0.1) is 19.3 Å². The van der Waals surface area contributed by atoms with Crippen molar-refractivity contribution in [3.8, 4) is 17.1 Å². The zero-order valence-electron chi connectivity index (χ0n) is 17.0. The van der Waals surface area contributed by atoms with Crippen LogP contribution in [0.2, 0.25) is 0 Å². The van der Waals surface area contributed by atoms with Crippen molar-refractivity contribution in [2.75, 3.05) is 25.5 Å². The van der Waals surface area contributed by atoms with Crippen molar-refractivity contribution in [1.29, 1.82) is 0 Å². The monoisotopic (exact) mass is 432 g/mol. The summed E-state index contributed by atoms with van der Waals surface area (Å²) in [5.41, 5.74) is 1.44. The largest absolute Gasteiger partial charge is 0.495 e. The lowest BCUT2D eigenvalue weighted by Crippen LogP contribution is -2.46. The molecule has 0 amide bonds. The molecule has 2 aliphatic rings. The van der Waals surface area contributed by atoms with Crippen molar-refractivity contribution in [3.05, 3.63) is 35.7 Å². The molecular formula is C21H23F3N6O. The number of piperidine rings is 1. The number of rotatable bonds is 5. The predicted molar refractivity (Wildman–Crippen MR) is 109 cm³/mol. The number of hydrogen-bond acceptors (Lipinski definition) is 6. The first-order valence-corrected chi connectivity index (χ1v) is 10.5. The quantitative estimate of drug-likeness (QED) is 0.643. The minimum atomic E-state index is -1.15. The Kier molecular flexibility index (Phi) is 5.17. The number of aromatic nitrogens is 4. The smallest absolute Gasteiger partial charge is 0.168 e. The van der Waals surface area contributed by atoms with Gasteiger partial charge in [-0.15, -0.1) is 0 Å². The molecule has 0 aromatic carbocycles. The molecule has 10 heteroatoms. The highest BCUT2D eigenvalue weighted by molar-refractivity contribution is 5.63. The number of nitrogens with zero attached hydrogens (tertiary/aromatic N) is 4. The fourth-order valence-electron chi connectivity index (χ4n) is 4.09. The summed E-state index contributed by atoms with van der Waals surface area (Å²) in [6.07, 6.45) is 3.76. The number of imidazole rings is 1. The van der Waals surface area contributed by atoms with Crippen molar-refractivity contribution in [3.63, 3.8) is 0 Å². The van der Waals surface area contributed by atoms with Gasteiger partial charge in [-0.1, -0.05) is 6.42 Å². The number of pyridine rings is 1. The van der Waals surface area contributed by atoms with E-state index >= 15 is 0 Å². The molecule has 2 atom stereocenters. The summed E-state index contributed by atoms with van der Waals surface area (Å²) in [6, 6.07) is 1.86. The zero-order chi connectivity index (χ0) is 21.5. The Bertz CT molecular complexity index is 1120. The van der Waals surface area contributed by atoms with Crippen LogP contribution in [0.1, 0.15) is 37.3 Å². The van der Waals surface area contributed by atoms with Crippen LogP contribution in [-0.4, -0.2) is 52.0 Å². The Morgan fingerprint density at radius 2 is 2.03 bits per heavy atom. The number of anilines is 1. The van der Waals surface area contributed by atoms with E-state index in [-0.39, 0.29) is 23.1 Å². The van der Waals surface area contributed by atoms with Gasteiger partial charge in [0.1, 0.15) is 29.0 Å². The van der Waals surface area contributed by atoms with Gasteiger partial charge in [0.15, 0.2) is 23.1 Å². The van der Waals surface area contributed by atoms with E-state index in [4.69, 9.17) is 4.74 Å². The van der Waals surface area contributed by atoms with Crippen molar-refractivity contribution < 1.29 is 17.9 Å². The number of hydrogen-bond donors (Lipinski definition) is 2. The van der Waals surface area contributed by atoms with E-state index in [2.05, 4.69) is 25.7 Å². The second-order valence-corrected chi connectivity index (χ2v) is 8.05. The van der Waals surface area contributed by atoms with Crippen LogP contribution < -0.4 is 15.4 Å². The van der Waals surface area contributed by atoms with Gasteiger partial charge in [0.2, 0.25) is 0 Å². The predicted octanol–water partition coefficient (Wildman–Crippen LogP) is 3.46. The second kappa shape index (κ2) is 7.99. The van der Waals surface area contributed by atoms with Gasteiger partial charge in [0.25, 0.3) is 0 Å². The summed E-state index contributed by atoms with van der Waals surface area (Å²) < 4.78 is 50.3. The van der Waals surface area contributed by atoms with Gasteiger partial charge >= 0.3 is 0 Å². The molecule has 7 nitrogen and oxygen atoms in total. The van der Waals surface area contributed by atoms with E-state index < -0.39 is 23.8 Å². The molecule has 3 aromatic heterocycles. The average Bonchev–Trinajstić information content (AvgIpc) is 3.12. The molecule has 1 aliphatic carbocycles. The van der Waals surface area contributed by atoms with Gasteiger partial charge in [-0.05, 0) is 25.8 Å². The third-order valence-electron chi connectivity index (χ3n) is 6.09. The van der Waals surface area contributed by atoms with E-state index in [1.54, 1.807) is 13.2 Å². The average molecular weight is 432 g/mol. The standard InChI is InChI=1S/C21H23F3N6O/c1-31-17-8-18-26-10-16(30(18)29-19(17)11-3-2-4-11)20-13(23)7-14(24)21(28-20)27-15-9-25-6-5-12(15)22/h7-8,10-12,15,25H,2-6,9H2,1H3,(H,27,28)/t12-,15-/m0/s1. The lowest BCUT2D eigenvalue weighted by Gasteiger charge is -2.28. The fourth-order valence-corrected chi connectivity index (χ4v) is 4.09. The Balaban J connectivity index is 1.56. The van der Waals surface area contributed by atoms with Gasteiger partial charge in [-0.25, -0.2) is 27.7 Å². The van der Waals surface area contributed by atoms with E-state index in [1.807, 2.05) is 0 Å². The molecule has 164 valence electrons. The van der Waals surface area contributed by atoms with Crippen LogP contribution in [0, 0.1) is 11.6 Å². The van der Waals surface area contributed by atoms with E-state index in [0.29, 0.717) is 30.9 Å². The number of ether oxygens (including phenoxy) is 1. The number of fused-ring (bicyclic) bond motifs is 1. The summed E-state index contributed by atoms with van der Waals surface area (Å²) in [5.74, 6) is -1.000. The van der Waals surface area contributed by atoms with Gasteiger partial charge in [-0.2, -0.15) is 5.10 Å². The normalized spacial score (nSPS) is 21.8. The van der Waals surface area contributed by atoms with Gasteiger partial charge < -0.3 is 15.4 Å². The van der Waals surface area contributed by atoms with Crippen LogP contribution in [-0.2, 0) is 0 Å². The van der Waals surface area contributed by atoms with Crippen LogP contribution >= 0.6 is 0 Å². The summed E-state index contributed by atoms with van der Waals surface area (Å²) in [5, 5.41) is 10.5. The minimum Gasteiger partial charge on any atom is -0.495 e. The maximum Gasteiger partial charge on any atom is 0.168 e. The van der Waals surface area contributed by atoms with Crippen LogP contribution in [0.3, 0.4) is 0 Å². The molecule has 1 aliphatic heterocycles. The Hall–Kier alpha value is -2.88. The van der Waals surface area contributed by atoms with E-state index in [1.165, 1.54) is 10.7 Å². The van der Waals surface area contributed by atoms with Crippen LogP contribution in [0.5, 0.6) is 5.75 Å². The zero-order valence-corrected chi connectivity index (χ0v) is 17.0. The summed E-state index contributed by atoms with van der Waals surface area (Å²) in [7, 11) is 1.58. The molecule has 0 radical (unpaired) electrons. The number of halogens is 3. The van der Waals surface area contributed by atoms with Gasteiger partial charge in [0, 0.05) is 24.6 Å². The first kappa shape index (κ1) is 20.0. The van der Waals surface area contributed by atoms with Crippen molar-refractivity contribution in [1.82, 2.24) is 24.9 Å². The first-order chi connectivity index (χ1) is 15.0. The number of nitrogens with one attached hydrogen (secondary N) is 2. The highest BCUT2D eigenvalue weighted by atomic mass is 19.1. The lowest BCUT2D eigenvalue weighted by atomic mass is 9.82. The molecule has 5 rings (SSSR count). The molecule has 0 spiro atoms. The molecule has 0 unspecified atom stereocenters. The molecule has 31 heavy (non-hydrogen) atoms. The summed E-state index contributed by atoms with van der Waals surface area (Å²) in [4.78, 5) is 8.46. The maximum absolute atomic E-state index is 14.7. The van der Waals surface area contributed by atoms with Crippen LogP contribution in [0.4, 0.5) is 19.0 Å². The molecule has 2 fully saturated rings. The highest BCUT2D eigenvalue weighted by Crippen LogP contribution is 2.40. The number of methoxy groups -OCH3 is 1. The Morgan fingerprint density at radius 3 is 2.74 bits per heavy atom.